The molecule has 212 valence electrons. The number of carbonyl (C=O) groups is 4. The van der Waals surface area contributed by atoms with Crippen LogP contribution in [-0.2, 0) is 25.6 Å². The Morgan fingerprint density at radius 1 is 1.12 bits per heavy atom. The number of hydrogen-bond donors (Lipinski definition) is 6. The van der Waals surface area contributed by atoms with Gasteiger partial charge in [0.25, 0.3) is 5.91 Å². The fraction of sp³-hybridized carbons (Fsp3) is 0.500. The normalized spacial score (nSPS) is 31.6. The molecule has 0 aromatic heterocycles. The Labute approximate surface area is 228 Å². The first-order valence-electron chi connectivity index (χ1n) is 13.5. The van der Waals surface area contributed by atoms with E-state index < -0.39 is 81.5 Å². The second-order valence-corrected chi connectivity index (χ2v) is 11.7. The van der Waals surface area contributed by atoms with Crippen molar-refractivity contribution in [3.05, 3.63) is 39.9 Å². The molecule has 12 heteroatoms. The summed E-state index contributed by atoms with van der Waals surface area (Å²) < 4.78 is 15.3. The minimum Gasteiger partial charge on any atom is -0.508 e. The van der Waals surface area contributed by atoms with E-state index in [4.69, 9.17) is 5.73 Å². The molecule has 2 amide bonds. The van der Waals surface area contributed by atoms with Gasteiger partial charge in [-0.2, -0.15) is 0 Å². The van der Waals surface area contributed by atoms with Gasteiger partial charge in [0.05, 0.1) is 17.8 Å². The van der Waals surface area contributed by atoms with E-state index in [2.05, 4.69) is 5.32 Å². The summed E-state index contributed by atoms with van der Waals surface area (Å²) >= 11 is 0. The molecule has 7 N–H and O–H groups in total. The van der Waals surface area contributed by atoms with E-state index >= 15 is 4.39 Å². The average molecular weight is 556 g/mol. The Morgan fingerprint density at radius 2 is 1.80 bits per heavy atom. The van der Waals surface area contributed by atoms with Gasteiger partial charge in [0.15, 0.2) is 17.1 Å². The Morgan fingerprint density at radius 3 is 2.45 bits per heavy atom. The summed E-state index contributed by atoms with van der Waals surface area (Å²) in [5, 5.41) is 46.6. The maximum atomic E-state index is 15.3. The van der Waals surface area contributed by atoms with Crippen molar-refractivity contribution >= 4 is 34.8 Å². The summed E-state index contributed by atoms with van der Waals surface area (Å²) in [7, 11) is 0. The first-order valence-corrected chi connectivity index (χ1v) is 13.5. The number of phenolic OH excluding ortho intramolecular Hbond substituents is 1. The van der Waals surface area contributed by atoms with E-state index in [-0.39, 0.29) is 36.2 Å². The fourth-order valence-corrected chi connectivity index (χ4v) is 7.59. The van der Waals surface area contributed by atoms with Gasteiger partial charge in [-0.1, -0.05) is 6.42 Å². The number of nitrogens with zero attached hydrogens (tertiary/aromatic N) is 1. The molecule has 1 aromatic rings. The van der Waals surface area contributed by atoms with E-state index in [1.54, 1.807) is 0 Å². The van der Waals surface area contributed by atoms with Crippen molar-refractivity contribution < 1.29 is 44.0 Å². The SMILES string of the molecule is NC(=O)C1=C(O)[C@@]2(O)C(=O)C3=C(O)c4c(O)c(NC(=O)CN5CC6CCCC6C5)cc(F)c4CC3C[C@H]2CC1=O. The Kier molecular flexibility index (Phi) is 6.04. The van der Waals surface area contributed by atoms with Crippen LogP contribution in [0, 0.1) is 29.5 Å². The summed E-state index contributed by atoms with van der Waals surface area (Å²) in [5.41, 5.74) is 0.443. The monoisotopic (exact) mass is 555 g/mol. The number of primary amides is 1. The number of fused-ring (bicyclic) bond motifs is 4. The average Bonchev–Trinajstić information content (AvgIpc) is 3.46. The van der Waals surface area contributed by atoms with Crippen LogP contribution >= 0.6 is 0 Å². The summed E-state index contributed by atoms with van der Waals surface area (Å²) in [4.78, 5) is 52.6. The van der Waals surface area contributed by atoms with Crippen molar-refractivity contribution in [1.29, 1.82) is 0 Å². The van der Waals surface area contributed by atoms with Crippen molar-refractivity contribution in [2.45, 2.75) is 44.1 Å². The fourth-order valence-electron chi connectivity index (χ4n) is 7.59. The third kappa shape index (κ3) is 3.76. The minimum atomic E-state index is -2.70. The van der Waals surface area contributed by atoms with Crippen LogP contribution in [0.1, 0.15) is 43.2 Å². The number of halogens is 1. The van der Waals surface area contributed by atoms with E-state index in [1.807, 2.05) is 4.90 Å². The summed E-state index contributed by atoms with van der Waals surface area (Å²) in [6, 6.07) is 0.960. The topological polar surface area (TPSA) is 190 Å². The maximum absolute atomic E-state index is 15.3. The van der Waals surface area contributed by atoms with Gasteiger partial charge in [-0.15, -0.1) is 0 Å². The molecule has 1 aromatic carbocycles. The van der Waals surface area contributed by atoms with Gasteiger partial charge in [-0.25, -0.2) is 4.39 Å². The molecule has 2 saturated carbocycles. The number of hydrogen-bond acceptors (Lipinski definition) is 9. The number of nitrogens with one attached hydrogen (secondary N) is 1. The smallest absolute Gasteiger partial charge is 0.255 e. The third-order valence-electron chi connectivity index (χ3n) is 9.45. The number of aliphatic hydroxyl groups excluding tert-OH is 2. The highest BCUT2D eigenvalue weighted by atomic mass is 19.1. The first kappa shape index (κ1) is 26.5. The molecule has 6 rings (SSSR count). The van der Waals surface area contributed by atoms with Crippen molar-refractivity contribution in [3.63, 3.8) is 0 Å². The molecule has 5 aliphatic rings. The lowest BCUT2D eigenvalue weighted by molar-refractivity contribution is -0.147. The molecule has 11 nitrogen and oxygen atoms in total. The number of phenols is 1. The van der Waals surface area contributed by atoms with Crippen LogP contribution in [0.5, 0.6) is 5.75 Å². The molecule has 3 fully saturated rings. The number of likely N-dealkylation sites (tertiary alicyclic amines) is 1. The van der Waals surface area contributed by atoms with Crippen molar-refractivity contribution in [1.82, 2.24) is 4.90 Å². The van der Waals surface area contributed by atoms with Gasteiger partial charge in [-0.3, -0.25) is 24.1 Å². The molecule has 0 radical (unpaired) electrons. The van der Waals surface area contributed by atoms with Crippen molar-refractivity contribution in [3.8, 4) is 5.75 Å². The number of amides is 2. The molecule has 4 aliphatic carbocycles. The largest absolute Gasteiger partial charge is 0.508 e. The first-order chi connectivity index (χ1) is 18.9. The molecular weight excluding hydrogens is 525 g/mol. The van der Waals surface area contributed by atoms with Crippen LogP contribution in [0.2, 0.25) is 0 Å². The van der Waals surface area contributed by atoms with Crippen LogP contribution in [0.4, 0.5) is 10.1 Å². The number of benzene rings is 1. The number of aliphatic hydroxyl groups is 3. The van der Waals surface area contributed by atoms with E-state index in [0.29, 0.717) is 11.8 Å². The zero-order valence-electron chi connectivity index (χ0n) is 21.6. The number of aromatic hydroxyl groups is 1. The number of Topliss-reactive ketones (excluding diaryl/α,β-unsaturated/α-hetero) is 2. The molecule has 5 atom stereocenters. The van der Waals surface area contributed by atoms with Crippen molar-refractivity contribution in [2.75, 3.05) is 25.0 Å². The molecule has 1 heterocycles. The highest BCUT2D eigenvalue weighted by molar-refractivity contribution is 6.22. The van der Waals surface area contributed by atoms with Crippen LogP contribution in [0.25, 0.3) is 5.76 Å². The van der Waals surface area contributed by atoms with Gasteiger partial charge in [0.2, 0.25) is 11.7 Å². The third-order valence-corrected chi connectivity index (χ3v) is 9.45. The predicted molar refractivity (Wildman–Crippen MR) is 137 cm³/mol. The molecule has 1 saturated heterocycles. The number of anilines is 1. The number of carbonyl (C=O) groups excluding carboxylic acids is 4. The molecule has 3 unspecified atom stereocenters. The Bertz CT molecular complexity index is 1440. The lowest BCUT2D eigenvalue weighted by atomic mass is 9.59. The highest BCUT2D eigenvalue weighted by Gasteiger charge is 2.60. The van der Waals surface area contributed by atoms with Gasteiger partial charge in [0.1, 0.15) is 22.9 Å². The van der Waals surface area contributed by atoms with Crippen LogP contribution in [0.3, 0.4) is 0 Å². The number of nitrogens with two attached hydrogens (primary N) is 1. The molecule has 1 aliphatic heterocycles. The molecular formula is C28H30FN3O8. The van der Waals surface area contributed by atoms with Crippen LogP contribution in [0.15, 0.2) is 23.0 Å². The number of rotatable bonds is 4. The summed E-state index contributed by atoms with van der Waals surface area (Å²) in [5.74, 6) is -8.10. The zero-order chi connectivity index (χ0) is 28.7. The highest BCUT2D eigenvalue weighted by Crippen LogP contribution is 2.53. The van der Waals surface area contributed by atoms with Crippen molar-refractivity contribution in [2.24, 2.45) is 29.4 Å². The minimum absolute atomic E-state index is 0.0553. The zero-order valence-corrected chi connectivity index (χ0v) is 21.6. The quantitative estimate of drug-likeness (QED) is 0.234. The predicted octanol–water partition coefficient (Wildman–Crippen LogP) is 1.23. The van der Waals surface area contributed by atoms with Gasteiger partial charge < -0.3 is 31.5 Å². The standard InChI is InChI=1S/C28H30FN3O8/c29-16-7-17(31-19(34)10-32-8-11-2-1-3-12(11)9-32)23(35)21-15(16)5-13-4-14-6-18(33)22(27(30)39)26(38)28(14,40)25(37)20(13)24(21)36/h7,11-14,35-36,38,40H,1-6,8-10H2,(H2,30,39)(H,31,34)/t11?,12?,13?,14-,28-/m0/s1. The van der Waals surface area contributed by atoms with Gasteiger partial charge in [0, 0.05) is 42.6 Å². The molecule has 40 heavy (non-hydrogen) atoms. The van der Waals surface area contributed by atoms with E-state index in [0.717, 1.165) is 32.0 Å². The lowest BCUT2D eigenvalue weighted by Crippen LogP contribution is -2.58. The summed E-state index contributed by atoms with van der Waals surface area (Å²) in [6.07, 6.45) is 2.75. The number of ketones is 2. The maximum Gasteiger partial charge on any atom is 0.255 e. The van der Waals surface area contributed by atoms with E-state index in [9.17, 15) is 39.6 Å². The summed E-state index contributed by atoms with van der Waals surface area (Å²) in [6.45, 7) is 1.65. The van der Waals surface area contributed by atoms with Gasteiger partial charge in [-0.05, 0) is 43.4 Å². The molecule has 0 spiro atoms. The second kappa shape index (κ2) is 9.13. The Hall–Kier alpha value is -3.77. The van der Waals surface area contributed by atoms with Gasteiger partial charge >= 0.3 is 0 Å². The van der Waals surface area contributed by atoms with Crippen LogP contribution < -0.4 is 11.1 Å². The van der Waals surface area contributed by atoms with Crippen LogP contribution in [-0.4, -0.2) is 73.9 Å². The molecule has 0 bridgehead atoms. The van der Waals surface area contributed by atoms with E-state index in [1.165, 1.54) is 6.42 Å². The lowest BCUT2D eigenvalue weighted by Gasteiger charge is -2.46. The Balaban J connectivity index is 1.33. The second-order valence-electron chi connectivity index (χ2n) is 11.7.